The van der Waals surface area contributed by atoms with Crippen LogP contribution in [-0.2, 0) is 9.59 Å². The van der Waals surface area contributed by atoms with Crippen LogP contribution in [0.4, 0.5) is 11.4 Å². The maximum Gasteiger partial charge on any atom is 0.338 e. The van der Waals surface area contributed by atoms with Crippen LogP contribution in [0.15, 0.2) is 36.7 Å². The van der Waals surface area contributed by atoms with Crippen LogP contribution in [0.3, 0.4) is 0 Å². The lowest BCUT2D eigenvalue weighted by Gasteiger charge is -2.13. The van der Waals surface area contributed by atoms with Crippen LogP contribution in [0.2, 0.25) is 0 Å². The molecule has 0 fully saturated rings. The Morgan fingerprint density at radius 3 is 2.17 bits per heavy atom. The summed E-state index contributed by atoms with van der Waals surface area (Å²) in [5.41, 5.74) is 1.20. The third kappa shape index (κ3) is 4.16. The molecule has 1 aromatic heterocycles. The Balaban J connectivity index is 2.02. The summed E-state index contributed by atoms with van der Waals surface area (Å²) in [6.45, 7) is 3.02. The summed E-state index contributed by atoms with van der Waals surface area (Å²) in [5.74, 6) is -1.61. The molecular formula is C15H16N4O4. The molecule has 1 aromatic carbocycles. The van der Waals surface area contributed by atoms with Gasteiger partial charge in [0.1, 0.15) is 6.04 Å². The van der Waals surface area contributed by atoms with Crippen molar-refractivity contribution in [2.24, 2.45) is 0 Å². The summed E-state index contributed by atoms with van der Waals surface area (Å²) >= 11 is 0. The van der Waals surface area contributed by atoms with E-state index in [0.717, 1.165) is 0 Å². The minimum atomic E-state index is -1.10. The smallest absolute Gasteiger partial charge is 0.338 e. The number of carboxylic acid groups (broad SMARTS) is 1. The van der Waals surface area contributed by atoms with E-state index in [9.17, 15) is 14.4 Å². The predicted molar refractivity (Wildman–Crippen MR) is 83.3 cm³/mol. The van der Waals surface area contributed by atoms with Crippen molar-refractivity contribution in [1.29, 1.82) is 0 Å². The number of carbonyl (C=O) groups excluding carboxylic acids is 2. The Kier molecular flexibility index (Phi) is 4.75. The fourth-order valence-electron chi connectivity index (χ4n) is 1.87. The second kappa shape index (κ2) is 6.73. The molecule has 0 spiro atoms. The molecular weight excluding hydrogens is 300 g/mol. The Hall–Kier alpha value is -3.16. The molecule has 0 bridgehead atoms. The average molecular weight is 316 g/mol. The van der Waals surface area contributed by atoms with Crippen molar-refractivity contribution in [2.45, 2.75) is 19.9 Å². The number of benzene rings is 1. The summed E-state index contributed by atoms with van der Waals surface area (Å²) in [4.78, 5) is 33.9. The van der Waals surface area contributed by atoms with Gasteiger partial charge < -0.3 is 15.7 Å². The van der Waals surface area contributed by atoms with Gasteiger partial charge in [-0.05, 0) is 31.2 Å². The van der Waals surface area contributed by atoms with Crippen molar-refractivity contribution >= 4 is 29.2 Å². The van der Waals surface area contributed by atoms with E-state index in [-0.39, 0.29) is 17.4 Å². The van der Waals surface area contributed by atoms with Crippen LogP contribution in [0.1, 0.15) is 30.2 Å². The molecule has 0 aliphatic rings. The highest BCUT2D eigenvalue weighted by molar-refractivity contribution is 5.94. The number of nitrogens with one attached hydrogen (secondary N) is 2. The average Bonchev–Trinajstić information content (AvgIpc) is 2.98. The van der Waals surface area contributed by atoms with E-state index in [1.165, 1.54) is 24.0 Å². The van der Waals surface area contributed by atoms with Crippen molar-refractivity contribution in [3.8, 4) is 0 Å². The molecule has 120 valence electrons. The van der Waals surface area contributed by atoms with E-state index in [0.29, 0.717) is 11.4 Å². The zero-order valence-electron chi connectivity index (χ0n) is 12.6. The van der Waals surface area contributed by atoms with Gasteiger partial charge in [0, 0.05) is 24.5 Å². The zero-order chi connectivity index (χ0) is 17.0. The van der Waals surface area contributed by atoms with Gasteiger partial charge in [-0.25, -0.2) is 4.79 Å². The lowest BCUT2D eigenvalue weighted by Crippen LogP contribution is -2.24. The first kappa shape index (κ1) is 16.2. The lowest BCUT2D eigenvalue weighted by atomic mass is 10.2. The van der Waals surface area contributed by atoms with Gasteiger partial charge in [-0.15, -0.1) is 0 Å². The van der Waals surface area contributed by atoms with Gasteiger partial charge in [0.05, 0.1) is 11.8 Å². The van der Waals surface area contributed by atoms with Crippen molar-refractivity contribution < 1.29 is 19.5 Å². The molecule has 1 heterocycles. The molecule has 8 nitrogen and oxygen atoms in total. The first-order chi connectivity index (χ1) is 10.9. The van der Waals surface area contributed by atoms with E-state index in [1.807, 2.05) is 0 Å². The number of nitrogens with zero attached hydrogens (tertiary/aromatic N) is 2. The number of aromatic carboxylic acids is 1. The molecule has 2 rings (SSSR count). The Labute approximate surface area is 132 Å². The summed E-state index contributed by atoms with van der Waals surface area (Å²) in [6.07, 6.45) is 2.49. The van der Waals surface area contributed by atoms with Crippen LogP contribution in [0.5, 0.6) is 0 Å². The van der Waals surface area contributed by atoms with Gasteiger partial charge >= 0.3 is 5.97 Å². The van der Waals surface area contributed by atoms with Gasteiger partial charge in [0.15, 0.2) is 0 Å². The van der Waals surface area contributed by atoms with Gasteiger partial charge in [0.25, 0.3) is 0 Å². The number of carboxylic acids is 1. The molecule has 8 heteroatoms. The summed E-state index contributed by atoms with van der Waals surface area (Å²) in [7, 11) is 0. The number of hydrogen-bond acceptors (Lipinski definition) is 4. The molecule has 0 saturated heterocycles. The Morgan fingerprint density at radius 1 is 1.13 bits per heavy atom. The number of carbonyl (C=O) groups is 3. The Bertz CT molecular complexity index is 736. The molecule has 3 N–H and O–H groups in total. The zero-order valence-corrected chi connectivity index (χ0v) is 12.6. The minimum absolute atomic E-state index is 0.0179. The van der Waals surface area contributed by atoms with Gasteiger partial charge in [-0.3, -0.25) is 14.3 Å². The number of hydrogen-bond donors (Lipinski definition) is 3. The molecule has 0 aliphatic carbocycles. The van der Waals surface area contributed by atoms with Gasteiger partial charge in [0.2, 0.25) is 11.8 Å². The van der Waals surface area contributed by atoms with Crippen LogP contribution in [-0.4, -0.2) is 32.7 Å². The summed E-state index contributed by atoms with van der Waals surface area (Å²) < 4.78 is 1.28. The molecule has 1 unspecified atom stereocenters. The van der Waals surface area contributed by atoms with Crippen LogP contribution in [0.25, 0.3) is 0 Å². The van der Waals surface area contributed by atoms with E-state index in [1.54, 1.807) is 31.2 Å². The maximum absolute atomic E-state index is 12.2. The first-order valence-corrected chi connectivity index (χ1v) is 6.83. The SMILES string of the molecule is CC(=O)Nc1ccc(NC(=O)C(C)n2cc(C(=O)O)cn2)cc1. The molecule has 0 saturated carbocycles. The molecule has 0 radical (unpaired) electrons. The van der Waals surface area contributed by atoms with Crippen molar-refractivity contribution in [3.05, 3.63) is 42.2 Å². The highest BCUT2D eigenvalue weighted by Crippen LogP contribution is 2.16. The molecule has 23 heavy (non-hydrogen) atoms. The molecule has 2 aromatic rings. The molecule has 2 amide bonds. The van der Waals surface area contributed by atoms with Gasteiger partial charge in [-0.2, -0.15) is 5.10 Å². The third-order valence-corrected chi connectivity index (χ3v) is 3.10. The quantitative estimate of drug-likeness (QED) is 0.777. The van der Waals surface area contributed by atoms with E-state index >= 15 is 0 Å². The summed E-state index contributed by atoms with van der Waals surface area (Å²) in [5, 5.41) is 18.1. The van der Waals surface area contributed by atoms with Crippen LogP contribution in [0, 0.1) is 0 Å². The normalized spacial score (nSPS) is 11.6. The minimum Gasteiger partial charge on any atom is -0.478 e. The largest absolute Gasteiger partial charge is 0.478 e. The highest BCUT2D eigenvalue weighted by atomic mass is 16.4. The van der Waals surface area contributed by atoms with E-state index in [4.69, 9.17) is 5.11 Å². The monoisotopic (exact) mass is 316 g/mol. The topological polar surface area (TPSA) is 113 Å². The maximum atomic E-state index is 12.2. The number of amides is 2. The predicted octanol–water partition coefficient (Wildman–Crippen LogP) is 1.74. The van der Waals surface area contributed by atoms with E-state index in [2.05, 4.69) is 15.7 Å². The van der Waals surface area contributed by atoms with Crippen LogP contribution >= 0.6 is 0 Å². The van der Waals surface area contributed by atoms with Crippen molar-refractivity contribution in [3.63, 3.8) is 0 Å². The lowest BCUT2D eigenvalue weighted by molar-refractivity contribution is -0.119. The first-order valence-electron chi connectivity index (χ1n) is 6.83. The second-order valence-corrected chi connectivity index (χ2v) is 4.94. The standard InChI is InChI=1S/C15H16N4O4/c1-9(19-8-11(7-16-19)15(22)23)14(21)18-13-5-3-12(4-6-13)17-10(2)20/h3-9H,1-2H3,(H,17,20)(H,18,21)(H,22,23). The van der Waals surface area contributed by atoms with E-state index < -0.39 is 12.0 Å². The number of aromatic nitrogens is 2. The van der Waals surface area contributed by atoms with Crippen molar-refractivity contribution in [2.75, 3.05) is 10.6 Å². The van der Waals surface area contributed by atoms with Gasteiger partial charge in [-0.1, -0.05) is 0 Å². The van der Waals surface area contributed by atoms with Crippen molar-refractivity contribution in [1.82, 2.24) is 9.78 Å². The highest BCUT2D eigenvalue weighted by Gasteiger charge is 2.17. The number of anilines is 2. The van der Waals surface area contributed by atoms with Crippen LogP contribution < -0.4 is 10.6 Å². The second-order valence-electron chi connectivity index (χ2n) is 4.94. The molecule has 0 aliphatic heterocycles. The molecule has 1 atom stereocenters. The summed E-state index contributed by atoms with van der Waals surface area (Å²) in [6, 6.07) is 5.97. The number of rotatable bonds is 5. The fourth-order valence-corrected chi connectivity index (χ4v) is 1.87. The Morgan fingerprint density at radius 2 is 1.70 bits per heavy atom. The fraction of sp³-hybridized carbons (Fsp3) is 0.200. The third-order valence-electron chi connectivity index (χ3n) is 3.10.